The summed E-state index contributed by atoms with van der Waals surface area (Å²) in [5, 5.41) is 0. The summed E-state index contributed by atoms with van der Waals surface area (Å²) in [4.78, 5) is 3.10. The van der Waals surface area contributed by atoms with Crippen LogP contribution < -0.4 is 0 Å². The molecule has 0 spiro atoms. The first-order valence-electron chi connectivity index (χ1n) is 7.10. The predicted molar refractivity (Wildman–Crippen MR) is 80.0 cm³/mol. The van der Waals surface area contributed by atoms with E-state index >= 15 is 0 Å². The second-order valence-corrected chi connectivity index (χ2v) is 5.91. The van der Waals surface area contributed by atoms with E-state index in [2.05, 4.69) is 16.5 Å². The number of fused-ring (bicyclic) bond motifs is 1. The molecule has 0 amide bonds. The number of benzene rings is 1. The fourth-order valence-electron chi connectivity index (χ4n) is 3.05. The first kappa shape index (κ1) is 13.8. The maximum atomic E-state index is 13.6. The van der Waals surface area contributed by atoms with E-state index in [0.717, 1.165) is 37.0 Å². The molecule has 2 heterocycles. The number of H-pyrrole nitrogens is 1. The van der Waals surface area contributed by atoms with Crippen molar-refractivity contribution in [3.05, 3.63) is 28.3 Å². The molecule has 1 aromatic carbocycles. The molecular formula is C15H19FN2OS. The van der Waals surface area contributed by atoms with Gasteiger partial charge in [-0.25, -0.2) is 4.39 Å². The number of ether oxygens (including phenoxy) is 1. The van der Waals surface area contributed by atoms with Crippen molar-refractivity contribution in [2.24, 2.45) is 5.92 Å². The van der Waals surface area contributed by atoms with E-state index in [9.17, 15) is 4.39 Å². The van der Waals surface area contributed by atoms with Gasteiger partial charge in [0.2, 0.25) is 0 Å². The summed E-state index contributed by atoms with van der Waals surface area (Å²) >= 11 is 5.39. The van der Waals surface area contributed by atoms with Gasteiger partial charge in [0.1, 0.15) is 5.82 Å². The molecule has 1 N–H and O–H groups in total. The van der Waals surface area contributed by atoms with E-state index in [0.29, 0.717) is 22.4 Å². The van der Waals surface area contributed by atoms with Crippen molar-refractivity contribution in [2.45, 2.75) is 39.3 Å². The Labute approximate surface area is 122 Å². The summed E-state index contributed by atoms with van der Waals surface area (Å²) < 4.78 is 22.1. The quantitative estimate of drug-likeness (QED) is 0.868. The number of imidazole rings is 1. The Balaban J connectivity index is 2.01. The minimum atomic E-state index is -0.198. The SMILES string of the molecule is CCC1OCCC1Cn1c(=S)[nH]c2cc(F)c(C)cc21. The third kappa shape index (κ3) is 2.29. The highest BCUT2D eigenvalue weighted by molar-refractivity contribution is 7.71. The monoisotopic (exact) mass is 294 g/mol. The molecule has 3 nitrogen and oxygen atoms in total. The fourth-order valence-corrected chi connectivity index (χ4v) is 3.33. The lowest BCUT2D eigenvalue weighted by Gasteiger charge is -2.17. The van der Waals surface area contributed by atoms with E-state index in [-0.39, 0.29) is 5.82 Å². The minimum Gasteiger partial charge on any atom is -0.378 e. The first-order chi connectivity index (χ1) is 9.60. The second kappa shape index (κ2) is 5.30. The number of nitrogens with one attached hydrogen (secondary N) is 1. The van der Waals surface area contributed by atoms with Crippen molar-refractivity contribution in [2.75, 3.05) is 6.61 Å². The van der Waals surface area contributed by atoms with Gasteiger partial charge in [-0.2, -0.15) is 0 Å². The first-order valence-corrected chi connectivity index (χ1v) is 7.51. The minimum absolute atomic E-state index is 0.198. The topological polar surface area (TPSA) is 29.9 Å². The van der Waals surface area contributed by atoms with Gasteiger partial charge in [0.05, 0.1) is 17.1 Å². The van der Waals surface area contributed by atoms with Crippen molar-refractivity contribution in [3.63, 3.8) is 0 Å². The molecule has 2 atom stereocenters. The molecule has 2 unspecified atom stereocenters. The smallest absolute Gasteiger partial charge is 0.178 e. The predicted octanol–water partition coefficient (Wildman–Crippen LogP) is 3.96. The lowest BCUT2D eigenvalue weighted by molar-refractivity contribution is 0.0837. The summed E-state index contributed by atoms with van der Waals surface area (Å²) in [5.41, 5.74) is 2.40. The van der Waals surface area contributed by atoms with Crippen LogP contribution in [0.25, 0.3) is 11.0 Å². The highest BCUT2D eigenvalue weighted by atomic mass is 32.1. The van der Waals surface area contributed by atoms with Crippen LogP contribution in [0.5, 0.6) is 0 Å². The molecule has 108 valence electrons. The van der Waals surface area contributed by atoms with Crippen molar-refractivity contribution < 1.29 is 9.13 Å². The fraction of sp³-hybridized carbons (Fsp3) is 0.533. The lowest BCUT2D eigenvalue weighted by atomic mass is 9.99. The molecule has 0 radical (unpaired) electrons. The van der Waals surface area contributed by atoms with Crippen molar-refractivity contribution in [3.8, 4) is 0 Å². The largest absolute Gasteiger partial charge is 0.378 e. The highest BCUT2D eigenvalue weighted by Crippen LogP contribution is 2.27. The van der Waals surface area contributed by atoms with Crippen molar-refractivity contribution in [1.29, 1.82) is 0 Å². The third-order valence-corrected chi connectivity index (χ3v) is 4.54. The van der Waals surface area contributed by atoms with Crippen LogP contribution in [-0.2, 0) is 11.3 Å². The number of aromatic amines is 1. The lowest BCUT2D eigenvalue weighted by Crippen LogP contribution is -2.20. The molecule has 1 saturated heterocycles. The third-order valence-electron chi connectivity index (χ3n) is 4.22. The molecule has 0 bridgehead atoms. The van der Waals surface area contributed by atoms with E-state index in [4.69, 9.17) is 17.0 Å². The number of aryl methyl sites for hydroxylation is 1. The number of nitrogens with zero attached hydrogens (tertiary/aromatic N) is 1. The summed E-state index contributed by atoms with van der Waals surface area (Å²) in [6.07, 6.45) is 2.39. The molecule has 0 saturated carbocycles. The van der Waals surface area contributed by atoms with Crippen LogP contribution in [0.1, 0.15) is 25.3 Å². The Morgan fingerprint density at radius 2 is 2.30 bits per heavy atom. The Hall–Kier alpha value is -1.20. The second-order valence-electron chi connectivity index (χ2n) is 5.53. The molecule has 2 aromatic rings. The maximum Gasteiger partial charge on any atom is 0.178 e. The average molecular weight is 294 g/mol. The molecule has 0 aliphatic carbocycles. The van der Waals surface area contributed by atoms with Gasteiger partial charge in [0, 0.05) is 19.1 Å². The molecule has 1 fully saturated rings. The van der Waals surface area contributed by atoms with Crippen molar-refractivity contribution >= 4 is 23.3 Å². The number of halogens is 1. The molecular weight excluding hydrogens is 275 g/mol. The van der Waals surface area contributed by atoms with E-state index in [1.54, 1.807) is 6.92 Å². The summed E-state index contributed by atoms with van der Waals surface area (Å²) in [5.74, 6) is 0.285. The summed E-state index contributed by atoms with van der Waals surface area (Å²) in [7, 11) is 0. The van der Waals surface area contributed by atoms with Crippen LogP contribution in [0, 0.1) is 23.4 Å². The van der Waals surface area contributed by atoms with Gasteiger partial charge in [0.15, 0.2) is 4.77 Å². The van der Waals surface area contributed by atoms with Crippen LogP contribution in [0.3, 0.4) is 0 Å². The van der Waals surface area contributed by atoms with Crippen molar-refractivity contribution in [1.82, 2.24) is 9.55 Å². The Morgan fingerprint density at radius 3 is 3.05 bits per heavy atom. The van der Waals surface area contributed by atoms with Crippen LogP contribution >= 0.6 is 12.2 Å². The van der Waals surface area contributed by atoms with Crippen LogP contribution in [-0.4, -0.2) is 22.3 Å². The Morgan fingerprint density at radius 1 is 1.50 bits per heavy atom. The van der Waals surface area contributed by atoms with Gasteiger partial charge >= 0.3 is 0 Å². The maximum absolute atomic E-state index is 13.6. The zero-order chi connectivity index (χ0) is 14.3. The van der Waals surface area contributed by atoms with Crippen LogP contribution in [0.2, 0.25) is 0 Å². The van der Waals surface area contributed by atoms with Gasteiger partial charge in [-0.1, -0.05) is 6.92 Å². The molecule has 3 rings (SSSR count). The van der Waals surface area contributed by atoms with E-state index < -0.39 is 0 Å². The van der Waals surface area contributed by atoms with E-state index in [1.165, 1.54) is 6.07 Å². The number of hydrogen-bond donors (Lipinski definition) is 1. The average Bonchev–Trinajstić information content (AvgIpc) is 2.97. The Kier molecular flexibility index (Phi) is 3.65. The molecule has 1 aliphatic heterocycles. The molecule has 1 aliphatic rings. The molecule has 20 heavy (non-hydrogen) atoms. The highest BCUT2D eigenvalue weighted by Gasteiger charge is 2.27. The number of aromatic nitrogens is 2. The zero-order valence-corrected chi connectivity index (χ0v) is 12.6. The molecule has 1 aromatic heterocycles. The molecule has 5 heteroatoms. The van der Waals surface area contributed by atoms with E-state index in [1.807, 2.05) is 6.07 Å². The van der Waals surface area contributed by atoms with Gasteiger partial charge in [-0.05, 0) is 49.7 Å². The van der Waals surface area contributed by atoms with Gasteiger partial charge in [-0.3, -0.25) is 0 Å². The standard InChI is InChI=1S/C15H19FN2OS/c1-3-14-10(4-5-19-14)8-18-13-6-9(2)11(16)7-12(13)17-15(18)20/h6-7,10,14H,3-5,8H2,1-2H3,(H,17,20). The zero-order valence-electron chi connectivity index (χ0n) is 11.8. The number of rotatable bonds is 3. The summed E-state index contributed by atoms with van der Waals surface area (Å²) in [6, 6.07) is 3.40. The van der Waals surface area contributed by atoms with Crippen LogP contribution in [0.15, 0.2) is 12.1 Å². The Bertz CT molecular complexity index is 691. The normalized spacial score (nSPS) is 22.8. The number of hydrogen-bond acceptors (Lipinski definition) is 2. The van der Waals surface area contributed by atoms with Gasteiger partial charge < -0.3 is 14.3 Å². The van der Waals surface area contributed by atoms with Crippen LogP contribution in [0.4, 0.5) is 4.39 Å². The van der Waals surface area contributed by atoms with Gasteiger partial charge in [-0.15, -0.1) is 0 Å². The van der Waals surface area contributed by atoms with Gasteiger partial charge in [0.25, 0.3) is 0 Å². The summed E-state index contributed by atoms with van der Waals surface area (Å²) in [6.45, 7) is 5.59.